The van der Waals surface area contributed by atoms with Gasteiger partial charge in [-0.25, -0.2) is 0 Å². The zero-order valence-electron chi connectivity index (χ0n) is 18.3. The molecule has 2 aliphatic rings. The summed E-state index contributed by atoms with van der Waals surface area (Å²) in [6.45, 7) is 0.424. The van der Waals surface area contributed by atoms with Crippen LogP contribution in [-0.4, -0.2) is 12.0 Å². The third-order valence-electron chi connectivity index (χ3n) is 6.45. The molecule has 174 valence electrons. The monoisotopic (exact) mass is 540 g/mol. The van der Waals surface area contributed by atoms with Crippen molar-refractivity contribution in [3.63, 3.8) is 0 Å². The lowest BCUT2D eigenvalue weighted by Gasteiger charge is -2.38. The van der Waals surface area contributed by atoms with Crippen molar-refractivity contribution < 1.29 is 14.4 Å². The van der Waals surface area contributed by atoms with Gasteiger partial charge in [0.2, 0.25) is 0 Å². The number of nitrogens with one attached hydrogen (secondary N) is 1. The molecule has 0 aromatic heterocycles. The lowest BCUT2D eigenvalue weighted by atomic mass is 9.77. The average Bonchev–Trinajstić information content (AvgIpc) is 3.33. The van der Waals surface area contributed by atoms with Gasteiger partial charge in [-0.05, 0) is 57.1 Å². The van der Waals surface area contributed by atoms with Gasteiger partial charge in [0.15, 0.2) is 11.5 Å². The number of nitro benzene ring substituents is 1. The number of hydrogen-bond donors (Lipinski definition) is 1. The molecule has 6 nitrogen and oxygen atoms in total. The highest BCUT2D eigenvalue weighted by Gasteiger charge is 2.40. The van der Waals surface area contributed by atoms with E-state index in [0.29, 0.717) is 23.1 Å². The lowest BCUT2D eigenvalue weighted by molar-refractivity contribution is -0.384. The highest BCUT2D eigenvalue weighted by atomic mass is 79.9. The van der Waals surface area contributed by atoms with Gasteiger partial charge in [-0.3, -0.25) is 10.1 Å². The van der Waals surface area contributed by atoms with Crippen LogP contribution in [0.2, 0.25) is 5.02 Å². The normalized spacial score (nSPS) is 20.3. The molecule has 3 atom stereocenters. The molecule has 0 spiro atoms. The van der Waals surface area contributed by atoms with Crippen molar-refractivity contribution in [3.8, 4) is 11.5 Å². The summed E-state index contributed by atoms with van der Waals surface area (Å²) in [6, 6.07) is 17.0. The molecule has 5 rings (SSSR count). The van der Waals surface area contributed by atoms with E-state index in [2.05, 4.69) is 33.4 Å². The van der Waals surface area contributed by atoms with Crippen LogP contribution in [-0.2, 0) is 6.61 Å². The highest BCUT2D eigenvalue weighted by Crippen LogP contribution is 2.53. The molecule has 1 N–H and O–H groups in total. The van der Waals surface area contributed by atoms with Crippen LogP contribution in [0, 0.1) is 16.0 Å². The van der Waals surface area contributed by atoms with E-state index in [1.807, 2.05) is 42.5 Å². The van der Waals surface area contributed by atoms with E-state index in [9.17, 15) is 10.1 Å². The highest BCUT2D eigenvalue weighted by molar-refractivity contribution is 9.10. The van der Waals surface area contributed by atoms with Crippen LogP contribution >= 0.6 is 27.5 Å². The summed E-state index contributed by atoms with van der Waals surface area (Å²) in [6.07, 6.45) is 5.12. The average molecular weight is 542 g/mol. The van der Waals surface area contributed by atoms with Crippen molar-refractivity contribution in [1.29, 1.82) is 0 Å². The molecule has 0 saturated carbocycles. The third kappa shape index (κ3) is 4.14. The van der Waals surface area contributed by atoms with E-state index < -0.39 is 4.92 Å². The second-order valence-electron chi connectivity index (χ2n) is 8.43. The van der Waals surface area contributed by atoms with Gasteiger partial charge in [0.1, 0.15) is 6.61 Å². The number of methoxy groups -OCH3 is 1. The SMILES string of the molecule is COc1cc([C@@H]2Nc3c(Cl)cc([N+](=O)[O-])cc3[C@H]3C=CC[C@H]32)cc(Br)c1OCc1ccccc1. The van der Waals surface area contributed by atoms with Crippen LogP contribution in [0.25, 0.3) is 0 Å². The fourth-order valence-electron chi connectivity index (χ4n) is 4.87. The summed E-state index contributed by atoms with van der Waals surface area (Å²) < 4.78 is 12.6. The van der Waals surface area contributed by atoms with Crippen molar-refractivity contribution in [2.24, 2.45) is 5.92 Å². The number of halogens is 2. The molecule has 1 aliphatic heterocycles. The first kappa shape index (κ1) is 22.7. The van der Waals surface area contributed by atoms with Crippen molar-refractivity contribution in [3.05, 3.63) is 103 Å². The molecule has 0 bridgehead atoms. The fourth-order valence-corrected chi connectivity index (χ4v) is 5.71. The summed E-state index contributed by atoms with van der Waals surface area (Å²) in [7, 11) is 1.63. The molecular weight excluding hydrogens is 520 g/mol. The van der Waals surface area contributed by atoms with Gasteiger partial charge >= 0.3 is 0 Å². The number of non-ortho nitro benzene ring substituents is 1. The summed E-state index contributed by atoms with van der Waals surface area (Å²) in [5.74, 6) is 1.50. The molecular formula is C26H22BrClN2O4. The van der Waals surface area contributed by atoms with Crippen molar-refractivity contribution >= 4 is 38.9 Å². The van der Waals surface area contributed by atoms with E-state index in [0.717, 1.165) is 33.3 Å². The van der Waals surface area contributed by atoms with Crippen LogP contribution in [0.15, 0.2) is 71.2 Å². The molecule has 0 fully saturated rings. The Kier molecular flexibility index (Phi) is 6.23. The molecule has 0 saturated heterocycles. The van der Waals surface area contributed by atoms with Gasteiger partial charge in [0, 0.05) is 18.1 Å². The number of allylic oxidation sites excluding steroid dienone is 2. The number of nitro groups is 1. The first-order valence-electron chi connectivity index (χ1n) is 10.9. The zero-order valence-corrected chi connectivity index (χ0v) is 20.7. The van der Waals surface area contributed by atoms with E-state index in [-0.39, 0.29) is 23.6 Å². The van der Waals surface area contributed by atoms with Gasteiger partial charge in [0.25, 0.3) is 5.69 Å². The van der Waals surface area contributed by atoms with Crippen molar-refractivity contribution in [2.45, 2.75) is 25.0 Å². The predicted molar refractivity (Wildman–Crippen MR) is 136 cm³/mol. The summed E-state index contributed by atoms with van der Waals surface area (Å²) in [5, 5.41) is 15.3. The standard InChI is InChI=1S/C26H22BrClN2O4/c1-33-23-11-16(10-21(27)26(23)34-14-15-6-3-2-4-7-15)24-19-9-5-8-18(19)20-12-17(30(31)32)13-22(28)25(20)29-24/h2-8,10-13,18-19,24,29H,9,14H2,1H3/t18-,19+,24-/m0/s1. The molecule has 1 aliphatic carbocycles. The number of benzene rings is 3. The summed E-state index contributed by atoms with van der Waals surface area (Å²) >= 11 is 10.2. The minimum atomic E-state index is -0.401. The van der Waals surface area contributed by atoms with Crippen LogP contribution in [0.1, 0.15) is 35.1 Å². The van der Waals surface area contributed by atoms with Crippen LogP contribution in [0.3, 0.4) is 0 Å². The van der Waals surface area contributed by atoms with Crippen molar-refractivity contribution in [1.82, 2.24) is 0 Å². The molecule has 0 unspecified atom stereocenters. The number of rotatable bonds is 6. The Balaban J connectivity index is 1.49. The van der Waals surface area contributed by atoms with Gasteiger partial charge in [-0.15, -0.1) is 0 Å². The molecule has 1 heterocycles. The minimum absolute atomic E-state index is 0.00683. The maximum absolute atomic E-state index is 11.4. The molecule has 34 heavy (non-hydrogen) atoms. The minimum Gasteiger partial charge on any atom is -0.493 e. The molecule has 3 aromatic rings. The van der Waals surface area contributed by atoms with Gasteiger partial charge in [-0.2, -0.15) is 0 Å². The topological polar surface area (TPSA) is 73.6 Å². The Morgan fingerprint density at radius 1 is 1.21 bits per heavy atom. The number of fused-ring (bicyclic) bond motifs is 3. The Bertz CT molecular complexity index is 1280. The van der Waals surface area contributed by atoms with Crippen LogP contribution < -0.4 is 14.8 Å². The van der Waals surface area contributed by atoms with E-state index in [1.165, 1.54) is 6.07 Å². The smallest absolute Gasteiger partial charge is 0.271 e. The second-order valence-corrected chi connectivity index (χ2v) is 9.69. The van der Waals surface area contributed by atoms with E-state index >= 15 is 0 Å². The van der Waals surface area contributed by atoms with Gasteiger partial charge < -0.3 is 14.8 Å². The number of hydrogen-bond acceptors (Lipinski definition) is 5. The molecule has 3 aromatic carbocycles. The second kappa shape index (κ2) is 9.31. The Labute approximate surface area is 210 Å². The van der Waals surface area contributed by atoms with Crippen LogP contribution in [0.5, 0.6) is 11.5 Å². The first-order chi connectivity index (χ1) is 16.5. The maximum Gasteiger partial charge on any atom is 0.271 e. The first-order valence-corrected chi connectivity index (χ1v) is 12.1. The number of anilines is 1. The number of ether oxygens (including phenoxy) is 2. The fraction of sp³-hybridized carbons (Fsp3) is 0.231. The van der Waals surface area contributed by atoms with E-state index in [4.69, 9.17) is 21.1 Å². The van der Waals surface area contributed by atoms with Gasteiger partial charge in [0.05, 0.1) is 33.3 Å². The lowest BCUT2D eigenvalue weighted by Crippen LogP contribution is -2.29. The quantitative estimate of drug-likeness (QED) is 0.200. The van der Waals surface area contributed by atoms with Crippen LogP contribution in [0.4, 0.5) is 11.4 Å². The zero-order chi connectivity index (χ0) is 23.8. The molecule has 0 radical (unpaired) electrons. The molecule has 0 amide bonds. The Morgan fingerprint density at radius 3 is 2.74 bits per heavy atom. The summed E-state index contributed by atoms with van der Waals surface area (Å²) in [4.78, 5) is 11.0. The van der Waals surface area contributed by atoms with Gasteiger partial charge in [-0.1, -0.05) is 54.1 Å². The Morgan fingerprint density at radius 2 is 2.00 bits per heavy atom. The predicted octanol–water partition coefficient (Wildman–Crippen LogP) is 7.42. The number of nitrogens with zero attached hydrogens (tertiary/aromatic N) is 1. The largest absolute Gasteiger partial charge is 0.493 e. The Hall–Kier alpha value is -3.03. The summed E-state index contributed by atoms with van der Waals surface area (Å²) in [5.41, 5.74) is 3.70. The van der Waals surface area contributed by atoms with Crippen molar-refractivity contribution in [2.75, 3.05) is 12.4 Å². The van der Waals surface area contributed by atoms with E-state index in [1.54, 1.807) is 13.2 Å². The molecule has 8 heteroatoms. The third-order valence-corrected chi connectivity index (χ3v) is 7.34. The maximum atomic E-state index is 11.4.